The molecule has 0 aromatic rings. The Labute approximate surface area is 54.5 Å². The van der Waals surface area contributed by atoms with E-state index in [0.717, 1.165) is 0 Å². The van der Waals surface area contributed by atoms with E-state index in [9.17, 15) is 4.79 Å². The molecule has 1 heterocycles. The van der Waals surface area contributed by atoms with Gasteiger partial charge in [-0.3, -0.25) is 4.79 Å². The van der Waals surface area contributed by atoms with Crippen molar-refractivity contribution >= 4 is 5.97 Å². The molecule has 0 spiro atoms. The minimum atomic E-state index is -0.0973. The number of carbonyl (C=O) groups excluding carboxylic acids is 1. The van der Waals surface area contributed by atoms with Gasteiger partial charge in [0, 0.05) is 5.92 Å². The van der Waals surface area contributed by atoms with E-state index in [1.807, 2.05) is 6.92 Å². The van der Waals surface area contributed by atoms with Crippen LogP contribution < -0.4 is 0 Å². The standard InChI is InChI=1S/C7H10O2/c1-3-6-4-9-7(8)5(6)2/h3,5-6H,1,4H2,2H3/t5-,6+/m0/s1. The molecular weight excluding hydrogens is 116 g/mol. The Kier molecular flexibility index (Phi) is 1.56. The van der Waals surface area contributed by atoms with Crippen LogP contribution in [0.2, 0.25) is 0 Å². The molecule has 0 aliphatic carbocycles. The summed E-state index contributed by atoms with van der Waals surface area (Å²) < 4.78 is 4.76. The van der Waals surface area contributed by atoms with Crippen LogP contribution in [0.15, 0.2) is 12.7 Å². The monoisotopic (exact) mass is 126 g/mol. The van der Waals surface area contributed by atoms with Gasteiger partial charge in [0.15, 0.2) is 0 Å². The Morgan fingerprint density at radius 1 is 1.89 bits per heavy atom. The molecule has 0 amide bonds. The number of rotatable bonds is 1. The molecule has 0 aromatic heterocycles. The summed E-state index contributed by atoms with van der Waals surface area (Å²) in [7, 11) is 0. The summed E-state index contributed by atoms with van der Waals surface area (Å²) >= 11 is 0. The van der Waals surface area contributed by atoms with Crippen LogP contribution in [0.5, 0.6) is 0 Å². The van der Waals surface area contributed by atoms with Gasteiger partial charge in [0.1, 0.15) is 0 Å². The number of esters is 1. The van der Waals surface area contributed by atoms with Crippen molar-refractivity contribution in [3.8, 4) is 0 Å². The van der Waals surface area contributed by atoms with E-state index in [4.69, 9.17) is 4.74 Å². The molecule has 1 rings (SSSR count). The zero-order valence-corrected chi connectivity index (χ0v) is 5.46. The first-order chi connectivity index (χ1) is 4.25. The fourth-order valence-corrected chi connectivity index (χ4v) is 0.901. The van der Waals surface area contributed by atoms with Crippen LogP contribution in [0, 0.1) is 11.8 Å². The fourth-order valence-electron chi connectivity index (χ4n) is 0.901. The minimum Gasteiger partial charge on any atom is -0.465 e. The SMILES string of the molecule is C=C[C@@H]1COC(=O)[C@H]1C. The molecule has 0 aromatic carbocycles. The minimum absolute atomic E-state index is 0.0162. The predicted molar refractivity (Wildman–Crippen MR) is 33.8 cm³/mol. The average molecular weight is 126 g/mol. The predicted octanol–water partition coefficient (Wildman–Crippen LogP) is 0.982. The van der Waals surface area contributed by atoms with Crippen molar-refractivity contribution in [1.82, 2.24) is 0 Å². The lowest BCUT2D eigenvalue weighted by Gasteiger charge is -2.00. The van der Waals surface area contributed by atoms with Gasteiger partial charge in [-0.2, -0.15) is 0 Å². The number of cyclic esters (lactones) is 1. The van der Waals surface area contributed by atoms with Crippen LogP contribution in [-0.4, -0.2) is 12.6 Å². The van der Waals surface area contributed by atoms with E-state index < -0.39 is 0 Å². The summed E-state index contributed by atoms with van der Waals surface area (Å²) in [6.45, 7) is 5.98. The second-order valence-corrected chi connectivity index (χ2v) is 2.32. The van der Waals surface area contributed by atoms with Gasteiger partial charge >= 0.3 is 5.97 Å². The van der Waals surface area contributed by atoms with Crippen LogP contribution in [0.25, 0.3) is 0 Å². The molecule has 0 saturated carbocycles. The zero-order chi connectivity index (χ0) is 6.85. The summed E-state index contributed by atoms with van der Waals surface area (Å²) in [5.74, 6) is 0.153. The Balaban J connectivity index is 2.61. The van der Waals surface area contributed by atoms with Gasteiger partial charge in [0.25, 0.3) is 0 Å². The van der Waals surface area contributed by atoms with E-state index in [1.165, 1.54) is 0 Å². The van der Waals surface area contributed by atoms with Crippen LogP contribution >= 0.6 is 0 Å². The summed E-state index contributed by atoms with van der Waals surface area (Å²) in [6.07, 6.45) is 1.77. The second kappa shape index (κ2) is 2.21. The molecule has 1 aliphatic heterocycles. The number of hydrogen-bond donors (Lipinski definition) is 0. The fraction of sp³-hybridized carbons (Fsp3) is 0.571. The maximum absolute atomic E-state index is 10.7. The Morgan fingerprint density at radius 2 is 2.56 bits per heavy atom. The molecule has 1 aliphatic rings. The van der Waals surface area contributed by atoms with Crippen LogP contribution in [0.1, 0.15) is 6.92 Å². The third-order valence-electron chi connectivity index (χ3n) is 1.73. The van der Waals surface area contributed by atoms with Crippen molar-refractivity contribution in [1.29, 1.82) is 0 Å². The smallest absolute Gasteiger partial charge is 0.309 e. The summed E-state index contributed by atoms with van der Waals surface area (Å²) in [5, 5.41) is 0. The highest BCUT2D eigenvalue weighted by Crippen LogP contribution is 2.21. The van der Waals surface area contributed by atoms with E-state index in [0.29, 0.717) is 6.61 Å². The molecule has 2 nitrogen and oxygen atoms in total. The summed E-state index contributed by atoms with van der Waals surface area (Å²) in [5.41, 5.74) is 0. The lowest BCUT2D eigenvalue weighted by Crippen LogP contribution is -2.08. The molecule has 0 unspecified atom stereocenters. The van der Waals surface area contributed by atoms with Gasteiger partial charge in [-0.25, -0.2) is 0 Å². The molecule has 0 N–H and O–H groups in total. The maximum Gasteiger partial charge on any atom is 0.309 e. The van der Waals surface area contributed by atoms with Crippen molar-refractivity contribution < 1.29 is 9.53 Å². The highest BCUT2D eigenvalue weighted by atomic mass is 16.5. The Hall–Kier alpha value is -0.790. The van der Waals surface area contributed by atoms with Crippen LogP contribution in [0.3, 0.4) is 0 Å². The molecule has 1 fully saturated rings. The Bertz CT molecular complexity index is 140. The number of hydrogen-bond acceptors (Lipinski definition) is 2. The van der Waals surface area contributed by atoms with Gasteiger partial charge in [0.05, 0.1) is 12.5 Å². The summed E-state index contributed by atoms with van der Waals surface area (Å²) in [6, 6.07) is 0. The lowest BCUT2D eigenvalue weighted by atomic mass is 9.98. The van der Waals surface area contributed by atoms with Crippen molar-refractivity contribution in [3.05, 3.63) is 12.7 Å². The van der Waals surface area contributed by atoms with E-state index in [2.05, 4.69) is 6.58 Å². The molecule has 1 saturated heterocycles. The van der Waals surface area contributed by atoms with Crippen molar-refractivity contribution in [2.45, 2.75) is 6.92 Å². The number of carbonyl (C=O) groups is 1. The van der Waals surface area contributed by atoms with Gasteiger partial charge < -0.3 is 4.74 Å². The van der Waals surface area contributed by atoms with Crippen molar-refractivity contribution in [3.63, 3.8) is 0 Å². The van der Waals surface area contributed by atoms with Gasteiger partial charge in [-0.1, -0.05) is 13.0 Å². The molecule has 0 bridgehead atoms. The van der Waals surface area contributed by atoms with Crippen LogP contribution in [0.4, 0.5) is 0 Å². The van der Waals surface area contributed by atoms with Gasteiger partial charge in [-0.05, 0) is 0 Å². The normalized spacial score (nSPS) is 34.1. The van der Waals surface area contributed by atoms with E-state index in [-0.39, 0.29) is 17.8 Å². The molecular formula is C7H10O2. The largest absolute Gasteiger partial charge is 0.465 e. The molecule has 0 radical (unpaired) electrons. The van der Waals surface area contributed by atoms with Gasteiger partial charge in [-0.15, -0.1) is 6.58 Å². The lowest BCUT2D eigenvalue weighted by molar-refractivity contribution is -0.140. The molecule has 50 valence electrons. The van der Waals surface area contributed by atoms with Crippen molar-refractivity contribution in [2.24, 2.45) is 11.8 Å². The first-order valence-electron chi connectivity index (χ1n) is 3.05. The first kappa shape index (κ1) is 6.33. The third kappa shape index (κ3) is 0.969. The van der Waals surface area contributed by atoms with Crippen molar-refractivity contribution in [2.75, 3.05) is 6.61 Å². The highest BCUT2D eigenvalue weighted by molar-refractivity contribution is 5.74. The van der Waals surface area contributed by atoms with Gasteiger partial charge in [0.2, 0.25) is 0 Å². The third-order valence-corrected chi connectivity index (χ3v) is 1.73. The molecule has 9 heavy (non-hydrogen) atoms. The number of ether oxygens (including phenoxy) is 1. The van der Waals surface area contributed by atoms with Crippen LogP contribution in [-0.2, 0) is 9.53 Å². The van der Waals surface area contributed by atoms with E-state index in [1.54, 1.807) is 6.08 Å². The van der Waals surface area contributed by atoms with E-state index >= 15 is 0 Å². The Morgan fingerprint density at radius 3 is 2.78 bits per heavy atom. The first-order valence-corrected chi connectivity index (χ1v) is 3.05. The zero-order valence-electron chi connectivity index (χ0n) is 5.46. The topological polar surface area (TPSA) is 26.3 Å². The second-order valence-electron chi connectivity index (χ2n) is 2.32. The molecule has 2 heteroatoms. The quantitative estimate of drug-likeness (QED) is 0.386. The maximum atomic E-state index is 10.7. The average Bonchev–Trinajstić information content (AvgIpc) is 2.15. The molecule has 2 atom stereocenters. The highest BCUT2D eigenvalue weighted by Gasteiger charge is 2.30. The summed E-state index contributed by atoms with van der Waals surface area (Å²) in [4.78, 5) is 10.7.